The number of aryl methyl sites for hydroxylation is 2. The Hall–Kier alpha value is -4.89. The molecule has 0 saturated heterocycles. The number of para-hydroxylation sites is 2. The topological polar surface area (TPSA) is 53.5 Å². The molecule has 0 atom stereocenters. The van der Waals surface area contributed by atoms with E-state index in [1.165, 1.54) is 22.3 Å². The lowest BCUT2D eigenvalue weighted by atomic mass is 9.98. The van der Waals surface area contributed by atoms with Gasteiger partial charge in [-0.15, -0.1) is 0 Å². The largest absolute Gasteiger partial charge is 1.20 e. The maximum Gasteiger partial charge on any atom is 1.20 e. The minimum absolute atomic E-state index is 0.619. The standard InChI is InChI=1S/C19H14N2O2.C18H16O.Al/c22-16-5-1-3-12-7-9-14(20-18(12)16)11-15-10-8-13-4-2-6-17(23)19(13)21-15;1-12-7-13(2)9-17(8-12)15-3-4-16-11-18(19)6-5-14(16)10-15;/h1-10,22-23H,11H2;3-11,19H,1-2H3;/q;;+3/p-3. The summed E-state index contributed by atoms with van der Waals surface area (Å²) in [5, 5.41) is 4.23. The van der Waals surface area contributed by atoms with Crippen LogP contribution < -0.4 is 11.4 Å². The fraction of sp³-hybridized carbons (Fsp3) is 0.0811. The molecule has 2 aromatic heterocycles. The molecule has 0 aliphatic carbocycles. The molecular weight excluding hydrogens is 547 g/mol. The lowest BCUT2D eigenvalue weighted by Gasteiger charge is -2.19. The number of pyridine rings is 2. The molecule has 0 spiro atoms. The van der Waals surface area contributed by atoms with Gasteiger partial charge >= 0.3 is 15.1 Å². The number of rotatable bonds is 3. The summed E-state index contributed by atoms with van der Waals surface area (Å²) in [6.07, 6.45) is 0.619. The number of aromatic nitrogens is 2. The third-order valence-electron chi connectivity index (χ3n) is 7.89. The molecule has 0 amide bonds. The highest BCUT2D eigenvalue weighted by atomic mass is 27.3. The maximum atomic E-state index is 6.58. The van der Waals surface area contributed by atoms with Crippen molar-refractivity contribution < 1.29 is 11.4 Å². The Kier molecular flexibility index (Phi) is 6.26. The highest BCUT2D eigenvalue weighted by Gasteiger charge is 2.45. The third kappa shape index (κ3) is 5.06. The van der Waals surface area contributed by atoms with Crippen LogP contribution in [0.2, 0.25) is 0 Å². The molecule has 0 fully saturated rings. The SMILES string of the molecule is Cc1cc(C)cc(-c2ccc3cc([O][Al]4[O]c5cccc6ccc(nc56)Cc5ccc6cccc(c6n5)[O]4)ccc3c2)c1. The number of fused-ring (bicyclic) bond motifs is 3. The summed E-state index contributed by atoms with van der Waals surface area (Å²) in [6.45, 7) is 4.27. The van der Waals surface area contributed by atoms with E-state index >= 15 is 0 Å². The van der Waals surface area contributed by atoms with Gasteiger partial charge in [-0.25, -0.2) is 9.97 Å². The van der Waals surface area contributed by atoms with Crippen LogP contribution >= 0.6 is 0 Å². The van der Waals surface area contributed by atoms with E-state index in [4.69, 9.17) is 21.3 Å². The zero-order valence-corrected chi connectivity index (χ0v) is 25.0. The van der Waals surface area contributed by atoms with Crippen LogP contribution in [-0.2, 0) is 6.42 Å². The number of hydrogen-bond acceptors (Lipinski definition) is 5. The fourth-order valence-electron chi connectivity index (χ4n) is 5.90. The summed E-state index contributed by atoms with van der Waals surface area (Å²) in [5.41, 5.74) is 8.38. The summed E-state index contributed by atoms with van der Waals surface area (Å²) < 4.78 is 19.7. The van der Waals surface area contributed by atoms with Crippen LogP contribution in [0.25, 0.3) is 43.7 Å². The average molecular weight is 575 g/mol. The normalized spacial score (nSPS) is 12.7. The summed E-state index contributed by atoms with van der Waals surface area (Å²) in [5.74, 6) is 2.00. The molecule has 206 valence electrons. The minimum atomic E-state index is -2.86. The lowest BCUT2D eigenvalue weighted by Crippen LogP contribution is -2.37. The van der Waals surface area contributed by atoms with Crippen molar-refractivity contribution in [3.05, 3.63) is 138 Å². The van der Waals surface area contributed by atoms with Gasteiger partial charge in [0.05, 0.1) is 5.75 Å². The van der Waals surface area contributed by atoms with Gasteiger partial charge in [0, 0.05) is 28.6 Å². The Morgan fingerprint density at radius 3 is 1.79 bits per heavy atom. The van der Waals surface area contributed by atoms with E-state index in [-0.39, 0.29) is 0 Å². The molecule has 3 heterocycles. The van der Waals surface area contributed by atoms with Gasteiger partial charge in [0.1, 0.15) is 22.5 Å². The van der Waals surface area contributed by atoms with E-state index in [0.29, 0.717) is 23.7 Å². The first-order valence-corrected chi connectivity index (χ1v) is 15.9. The molecule has 43 heavy (non-hydrogen) atoms. The molecule has 7 aromatic rings. The van der Waals surface area contributed by atoms with Crippen LogP contribution in [0.1, 0.15) is 22.5 Å². The van der Waals surface area contributed by atoms with Crippen molar-refractivity contribution in [2.45, 2.75) is 20.3 Å². The van der Waals surface area contributed by atoms with Gasteiger partial charge < -0.3 is 11.4 Å². The van der Waals surface area contributed by atoms with E-state index in [9.17, 15) is 0 Å². The smallest absolute Gasteiger partial charge is 0.577 e. The Bertz CT molecular complexity index is 2090. The Morgan fingerprint density at radius 2 is 1.14 bits per heavy atom. The molecule has 5 aromatic carbocycles. The van der Waals surface area contributed by atoms with E-state index in [1.54, 1.807) is 0 Å². The summed E-state index contributed by atoms with van der Waals surface area (Å²) in [4.78, 5) is 9.92. The van der Waals surface area contributed by atoms with Gasteiger partial charge in [0.25, 0.3) is 0 Å². The van der Waals surface area contributed by atoms with Crippen LogP contribution in [0, 0.1) is 13.8 Å². The van der Waals surface area contributed by atoms with Crippen LogP contribution in [-0.4, -0.2) is 25.1 Å². The molecule has 8 rings (SSSR count). The zero-order valence-electron chi connectivity index (χ0n) is 23.9. The molecule has 0 N–H and O–H groups in total. The molecule has 5 nitrogen and oxygen atoms in total. The van der Waals surface area contributed by atoms with Crippen LogP contribution in [0.3, 0.4) is 0 Å². The van der Waals surface area contributed by atoms with Crippen molar-refractivity contribution in [2.75, 3.05) is 0 Å². The summed E-state index contributed by atoms with van der Waals surface area (Å²) in [7, 11) is 0. The van der Waals surface area contributed by atoms with Crippen molar-refractivity contribution in [3.63, 3.8) is 0 Å². The van der Waals surface area contributed by atoms with E-state index in [0.717, 1.165) is 44.0 Å². The summed E-state index contributed by atoms with van der Waals surface area (Å²) in [6, 6.07) is 39.5. The first-order valence-electron chi connectivity index (χ1n) is 14.4. The Labute approximate surface area is 254 Å². The second kappa shape index (κ2) is 10.4. The molecule has 1 aliphatic rings. The van der Waals surface area contributed by atoms with Gasteiger partial charge in [-0.3, -0.25) is 0 Å². The van der Waals surface area contributed by atoms with E-state index < -0.39 is 15.1 Å². The zero-order chi connectivity index (χ0) is 28.9. The molecule has 6 heteroatoms. The van der Waals surface area contributed by atoms with E-state index in [1.807, 2.05) is 42.5 Å². The Balaban J connectivity index is 1.19. The Morgan fingerprint density at radius 1 is 0.558 bits per heavy atom. The third-order valence-corrected chi connectivity index (χ3v) is 9.25. The van der Waals surface area contributed by atoms with Crippen molar-refractivity contribution in [2.24, 2.45) is 0 Å². The second-order valence-electron chi connectivity index (χ2n) is 11.2. The van der Waals surface area contributed by atoms with Crippen LogP contribution in [0.5, 0.6) is 17.2 Å². The molecule has 0 saturated carbocycles. The van der Waals surface area contributed by atoms with E-state index in [2.05, 4.69) is 86.6 Å². The first kappa shape index (κ1) is 25.8. The van der Waals surface area contributed by atoms with Crippen molar-refractivity contribution >= 4 is 47.7 Å². The van der Waals surface area contributed by atoms with Crippen molar-refractivity contribution in [1.82, 2.24) is 9.97 Å². The number of nitrogens with zero attached hydrogens (tertiary/aromatic N) is 2. The summed E-state index contributed by atoms with van der Waals surface area (Å²) >= 11 is -2.86. The van der Waals surface area contributed by atoms with Crippen molar-refractivity contribution in [3.8, 4) is 28.4 Å². The van der Waals surface area contributed by atoms with Crippen LogP contribution in [0.4, 0.5) is 0 Å². The molecule has 4 bridgehead atoms. The minimum Gasteiger partial charge on any atom is -0.577 e. The van der Waals surface area contributed by atoms with Gasteiger partial charge in [-0.05, 0) is 78.2 Å². The van der Waals surface area contributed by atoms with Gasteiger partial charge in [0.2, 0.25) is 0 Å². The predicted octanol–water partition coefficient (Wildman–Crippen LogP) is 8.65. The molecule has 1 aliphatic heterocycles. The van der Waals surface area contributed by atoms with Gasteiger partial charge in [-0.1, -0.05) is 83.9 Å². The van der Waals surface area contributed by atoms with Gasteiger partial charge in [-0.2, -0.15) is 0 Å². The van der Waals surface area contributed by atoms with Gasteiger partial charge in [0.15, 0.2) is 0 Å². The molecular formula is C37H27AlN2O3. The number of hydrogen-bond donors (Lipinski definition) is 0. The fourth-order valence-corrected chi connectivity index (χ4v) is 7.21. The maximum absolute atomic E-state index is 6.58. The second-order valence-corrected chi connectivity index (χ2v) is 12.5. The highest BCUT2D eigenvalue weighted by molar-refractivity contribution is 6.40. The average Bonchev–Trinajstić information content (AvgIpc) is 3.00. The highest BCUT2D eigenvalue weighted by Crippen LogP contribution is 2.32. The predicted molar refractivity (Wildman–Crippen MR) is 173 cm³/mol. The quantitative estimate of drug-likeness (QED) is 0.198. The van der Waals surface area contributed by atoms with Crippen molar-refractivity contribution in [1.29, 1.82) is 0 Å². The first-order chi connectivity index (χ1) is 21.0. The van der Waals surface area contributed by atoms with Crippen LogP contribution in [0.15, 0.2) is 115 Å². The monoisotopic (exact) mass is 574 g/mol. The molecule has 0 radical (unpaired) electrons. The number of benzene rings is 5. The molecule has 0 unspecified atom stereocenters. The lowest BCUT2D eigenvalue weighted by molar-refractivity contribution is 0.310.